The van der Waals surface area contributed by atoms with Crippen molar-refractivity contribution in [2.45, 2.75) is 32.4 Å². The monoisotopic (exact) mass is 284 g/mol. The van der Waals surface area contributed by atoms with Gasteiger partial charge in [0.25, 0.3) is 0 Å². The van der Waals surface area contributed by atoms with Crippen LogP contribution >= 0.6 is 0 Å². The first-order valence-corrected chi connectivity index (χ1v) is 7.18. The molecule has 2 heterocycles. The van der Waals surface area contributed by atoms with Crippen molar-refractivity contribution >= 4 is 11.0 Å². The number of imidazole rings is 1. The fourth-order valence-electron chi connectivity index (χ4n) is 2.48. The van der Waals surface area contributed by atoms with Gasteiger partial charge >= 0.3 is 0 Å². The Morgan fingerprint density at radius 2 is 2.00 bits per heavy atom. The van der Waals surface area contributed by atoms with Crippen LogP contribution in [0.3, 0.4) is 0 Å². The van der Waals surface area contributed by atoms with E-state index >= 15 is 0 Å². The number of aryl methyl sites for hydroxylation is 1. The Morgan fingerprint density at radius 1 is 1.24 bits per heavy atom. The zero-order valence-corrected chi connectivity index (χ0v) is 12.6. The van der Waals surface area contributed by atoms with E-state index in [1.54, 1.807) is 6.20 Å². The summed E-state index contributed by atoms with van der Waals surface area (Å²) >= 11 is 0. The maximum absolute atomic E-state index is 10.4. The molecule has 3 rings (SSSR count). The molecule has 0 radical (unpaired) electrons. The van der Waals surface area contributed by atoms with Crippen molar-refractivity contribution in [3.05, 3.63) is 48.0 Å². The number of aliphatic hydroxyl groups excluding tert-OH is 1. The Bertz CT molecular complexity index is 757. The van der Waals surface area contributed by atoms with Crippen molar-refractivity contribution in [1.29, 1.82) is 0 Å². The van der Waals surface area contributed by atoms with Crippen molar-refractivity contribution in [3.8, 4) is 0 Å². The summed E-state index contributed by atoms with van der Waals surface area (Å²) in [6.45, 7) is 4.13. The molecule has 3 aromatic rings. The fourth-order valence-corrected chi connectivity index (χ4v) is 2.48. The average molecular weight is 284 g/mol. The average Bonchev–Trinajstić information content (AvgIpc) is 3.06. The van der Waals surface area contributed by atoms with Gasteiger partial charge in [0.05, 0.1) is 23.3 Å². The Morgan fingerprint density at radius 3 is 2.67 bits per heavy atom. The second kappa shape index (κ2) is 5.33. The van der Waals surface area contributed by atoms with Crippen LogP contribution < -0.4 is 0 Å². The van der Waals surface area contributed by atoms with Gasteiger partial charge in [-0.3, -0.25) is 4.68 Å². The molecule has 1 N–H and O–H groups in total. The van der Waals surface area contributed by atoms with Gasteiger partial charge < -0.3 is 9.67 Å². The molecule has 0 aliphatic carbocycles. The third-order valence-corrected chi connectivity index (χ3v) is 3.79. The van der Waals surface area contributed by atoms with Gasteiger partial charge in [0.1, 0.15) is 5.82 Å². The van der Waals surface area contributed by atoms with Crippen LogP contribution in [0.25, 0.3) is 11.0 Å². The number of hydrogen-bond acceptors (Lipinski definition) is 3. The van der Waals surface area contributed by atoms with Crippen molar-refractivity contribution in [1.82, 2.24) is 19.3 Å². The molecule has 5 heteroatoms. The van der Waals surface area contributed by atoms with Gasteiger partial charge in [0.2, 0.25) is 0 Å². The molecule has 110 valence electrons. The molecule has 0 aliphatic heterocycles. The van der Waals surface area contributed by atoms with Crippen LogP contribution in [0.15, 0.2) is 36.7 Å². The van der Waals surface area contributed by atoms with Gasteiger partial charge in [-0.2, -0.15) is 5.10 Å². The predicted molar refractivity (Wildman–Crippen MR) is 82.0 cm³/mol. The molecule has 0 fully saturated rings. The van der Waals surface area contributed by atoms with Crippen molar-refractivity contribution in [2.24, 2.45) is 7.05 Å². The number of fused-ring (bicyclic) bond motifs is 1. The molecule has 0 saturated carbocycles. The van der Waals surface area contributed by atoms with E-state index in [9.17, 15) is 5.11 Å². The lowest BCUT2D eigenvalue weighted by molar-refractivity contribution is 0.175. The van der Waals surface area contributed by atoms with Gasteiger partial charge in [0, 0.05) is 31.3 Å². The van der Waals surface area contributed by atoms with E-state index in [4.69, 9.17) is 0 Å². The Hall–Kier alpha value is -2.14. The number of hydrogen-bond donors (Lipinski definition) is 1. The maximum Gasteiger partial charge on any atom is 0.112 e. The van der Waals surface area contributed by atoms with E-state index in [0.29, 0.717) is 12.5 Å². The smallest absolute Gasteiger partial charge is 0.112 e. The summed E-state index contributed by atoms with van der Waals surface area (Å²) in [5.74, 6) is 0.876. The highest BCUT2D eigenvalue weighted by Crippen LogP contribution is 2.21. The Labute approximate surface area is 123 Å². The topological polar surface area (TPSA) is 55.9 Å². The first-order valence-electron chi connectivity index (χ1n) is 7.18. The number of nitrogens with zero attached hydrogens (tertiary/aromatic N) is 4. The summed E-state index contributed by atoms with van der Waals surface area (Å²) in [5, 5.41) is 14.7. The number of para-hydroxylation sites is 2. The van der Waals surface area contributed by atoms with Crippen LogP contribution in [0.1, 0.15) is 37.4 Å². The summed E-state index contributed by atoms with van der Waals surface area (Å²) in [7, 11) is 1.98. The molecule has 0 saturated heterocycles. The standard InChI is InChI=1S/C16H20N4O/c1-11(2)20-10-12(9-17-20)15(21)8-16-18-13-6-4-5-7-14(13)19(16)3/h4-7,9-11,15,21H,8H2,1-3H3. The molecule has 21 heavy (non-hydrogen) atoms. The number of aliphatic hydroxyl groups is 1. The van der Waals surface area contributed by atoms with Gasteiger partial charge in [-0.15, -0.1) is 0 Å². The predicted octanol–water partition coefficient (Wildman–Crippen LogP) is 2.63. The van der Waals surface area contributed by atoms with Gasteiger partial charge in [-0.05, 0) is 26.0 Å². The van der Waals surface area contributed by atoms with Crippen molar-refractivity contribution in [3.63, 3.8) is 0 Å². The van der Waals surface area contributed by atoms with E-state index in [2.05, 4.69) is 23.9 Å². The number of aromatic nitrogens is 4. The molecular formula is C16H20N4O. The number of rotatable bonds is 4. The molecular weight excluding hydrogens is 264 g/mol. The summed E-state index contributed by atoms with van der Waals surface area (Å²) < 4.78 is 3.89. The van der Waals surface area contributed by atoms with E-state index in [-0.39, 0.29) is 0 Å². The van der Waals surface area contributed by atoms with E-state index < -0.39 is 6.10 Å². The second-order valence-corrected chi connectivity index (χ2v) is 5.64. The van der Waals surface area contributed by atoms with Gasteiger partial charge in [-0.25, -0.2) is 4.98 Å². The van der Waals surface area contributed by atoms with E-state index in [1.807, 2.05) is 46.8 Å². The molecule has 0 spiro atoms. The molecule has 1 atom stereocenters. The highest BCUT2D eigenvalue weighted by atomic mass is 16.3. The quantitative estimate of drug-likeness (QED) is 0.801. The maximum atomic E-state index is 10.4. The lowest BCUT2D eigenvalue weighted by Gasteiger charge is -2.09. The lowest BCUT2D eigenvalue weighted by atomic mass is 10.1. The minimum Gasteiger partial charge on any atom is -0.388 e. The first kappa shape index (κ1) is 13.8. The van der Waals surface area contributed by atoms with Crippen LogP contribution in [-0.4, -0.2) is 24.4 Å². The molecule has 1 aromatic carbocycles. The largest absolute Gasteiger partial charge is 0.388 e. The molecule has 2 aromatic heterocycles. The Kier molecular flexibility index (Phi) is 3.51. The molecule has 0 aliphatic rings. The van der Waals surface area contributed by atoms with E-state index in [0.717, 1.165) is 22.4 Å². The Balaban J connectivity index is 1.85. The highest BCUT2D eigenvalue weighted by molar-refractivity contribution is 5.75. The minimum atomic E-state index is -0.590. The fraction of sp³-hybridized carbons (Fsp3) is 0.375. The van der Waals surface area contributed by atoms with Gasteiger partial charge in [0.15, 0.2) is 0 Å². The number of benzene rings is 1. The summed E-state index contributed by atoms with van der Waals surface area (Å²) in [6.07, 6.45) is 3.52. The third kappa shape index (κ3) is 2.56. The van der Waals surface area contributed by atoms with Crippen LogP contribution in [0.2, 0.25) is 0 Å². The third-order valence-electron chi connectivity index (χ3n) is 3.79. The van der Waals surface area contributed by atoms with Crippen molar-refractivity contribution in [2.75, 3.05) is 0 Å². The summed E-state index contributed by atoms with van der Waals surface area (Å²) in [4.78, 5) is 4.60. The second-order valence-electron chi connectivity index (χ2n) is 5.64. The van der Waals surface area contributed by atoms with Gasteiger partial charge in [-0.1, -0.05) is 12.1 Å². The zero-order valence-electron chi connectivity index (χ0n) is 12.6. The highest BCUT2D eigenvalue weighted by Gasteiger charge is 2.16. The zero-order chi connectivity index (χ0) is 15.0. The minimum absolute atomic E-state index is 0.293. The summed E-state index contributed by atoms with van der Waals surface area (Å²) in [5.41, 5.74) is 2.87. The molecule has 1 unspecified atom stereocenters. The van der Waals surface area contributed by atoms with Crippen LogP contribution in [0, 0.1) is 0 Å². The SMILES string of the molecule is CC(C)n1cc(C(O)Cc2nc3ccccc3n2C)cn1. The molecule has 0 amide bonds. The lowest BCUT2D eigenvalue weighted by Crippen LogP contribution is -2.06. The molecule has 0 bridgehead atoms. The van der Waals surface area contributed by atoms with Crippen LogP contribution in [-0.2, 0) is 13.5 Å². The summed E-state index contributed by atoms with van der Waals surface area (Å²) in [6, 6.07) is 8.29. The van der Waals surface area contributed by atoms with E-state index in [1.165, 1.54) is 0 Å². The normalized spacial score (nSPS) is 13.2. The first-order chi connectivity index (χ1) is 10.1. The van der Waals surface area contributed by atoms with Crippen LogP contribution in [0.5, 0.6) is 0 Å². The van der Waals surface area contributed by atoms with Crippen molar-refractivity contribution < 1.29 is 5.11 Å². The van der Waals surface area contributed by atoms with Crippen LogP contribution in [0.4, 0.5) is 0 Å². The molecule has 5 nitrogen and oxygen atoms in total.